The maximum absolute atomic E-state index is 13.4. The van der Waals surface area contributed by atoms with E-state index >= 15 is 0 Å². The number of benzene rings is 1. The van der Waals surface area contributed by atoms with Crippen molar-refractivity contribution in [2.45, 2.75) is 19.3 Å². The summed E-state index contributed by atoms with van der Waals surface area (Å²) in [5.74, 6) is -0.456. The van der Waals surface area contributed by atoms with Gasteiger partial charge >= 0.3 is 0 Å². The third kappa shape index (κ3) is 4.71. The second-order valence-electron chi connectivity index (χ2n) is 3.93. The average Bonchev–Trinajstić information content (AvgIpc) is 2.35. The van der Waals surface area contributed by atoms with E-state index in [4.69, 9.17) is 9.84 Å². The van der Waals surface area contributed by atoms with E-state index in [9.17, 15) is 9.18 Å². The molecule has 0 spiro atoms. The van der Waals surface area contributed by atoms with Crippen LogP contribution in [0.1, 0.15) is 18.4 Å². The lowest BCUT2D eigenvalue weighted by Crippen LogP contribution is -2.26. The Morgan fingerprint density at radius 3 is 2.83 bits per heavy atom. The molecule has 2 N–H and O–H groups in total. The number of amides is 1. The number of unbranched alkanes of at least 4 members (excludes halogenated alkanes) is 1. The predicted octanol–water partition coefficient (Wildman–Crippen LogP) is 1.27. The Hall–Kier alpha value is -1.62. The first kappa shape index (κ1) is 14.4. The van der Waals surface area contributed by atoms with Gasteiger partial charge in [0.1, 0.15) is 0 Å². The number of ether oxygens (including phenoxy) is 1. The molecule has 0 bridgehead atoms. The summed E-state index contributed by atoms with van der Waals surface area (Å²) in [5.41, 5.74) is 0.605. The first-order chi connectivity index (χ1) is 8.67. The van der Waals surface area contributed by atoms with Gasteiger partial charge in [0.2, 0.25) is 5.91 Å². The molecular formula is C13H18FNO3. The van der Waals surface area contributed by atoms with Crippen LogP contribution in [-0.2, 0) is 11.2 Å². The van der Waals surface area contributed by atoms with Crippen LogP contribution in [0.25, 0.3) is 0 Å². The summed E-state index contributed by atoms with van der Waals surface area (Å²) in [6, 6.07) is 4.46. The van der Waals surface area contributed by atoms with Crippen LogP contribution < -0.4 is 10.1 Å². The van der Waals surface area contributed by atoms with Crippen molar-refractivity contribution < 1.29 is 19.0 Å². The van der Waals surface area contributed by atoms with Gasteiger partial charge in [0.25, 0.3) is 0 Å². The van der Waals surface area contributed by atoms with Crippen molar-refractivity contribution in [2.24, 2.45) is 0 Å². The van der Waals surface area contributed by atoms with Crippen molar-refractivity contribution in [1.29, 1.82) is 0 Å². The lowest BCUT2D eigenvalue weighted by Gasteiger charge is -2.06. The van der Waals surface area contributed by atoms with Crippen molar-refractivity contribution in [3.8, 4) is 5.75 Å². The Labute approximate surface area is 106 Å². The van der Waals surface area contributed by atoms with Gasteiger partial charge in [-0.25, -0.2) is 4.39 Å². The standard InChI is InChI=1S/C13H18FNO3/c1-18-12-5-4-10(8-11(12)14)9-13(17)15-6-2-3-7-16/h4-5,8,16H,2-3,6-7,9H2,1H3,(H,15,17). The number of halogens is 1. The SMILES string of the molecule is COc1ccc(CC(=O)NCCCCO)cc1F. The fraction of sp³-hybridized carbons (Fsp3) is 0.462. The Morgan fingerprint density at radius 2 is 2.22 bits per heavy atom. The molecule has 0 atom stereocenters. The van der Waals surface area contributed by atoms with Gasteiger partial charge in [0, 0.05) is 13.2 Å². The number of carbonyl (C=O) groups is 1. The van der Waals surface area contributed by atoms with Crippen LogP contribution in [0.15, 0.2) is 18.2 Å². The molecule has 0 aliphatic heterocycles. The predicted molar refractivity (Wildman–Crippen MR) is 66.0 cm³/mol. The number of hydrogen-bond donors (Lipinski definition) is 2. The van der Waals surface area contributed by atoms with Gasteiger partial charge in [-0.05, 0) is 30.5 Å². The van der Waals surface area contributed by atoms with Crippen molar-refractivity contribution in [3.05, 3.63) is 29.6 Å². The minimum Gasteiger partial charge on any atom is -0.494 e. The molecule has 100 valence electrons. The summed E-state index contributed by atoms with van der Waals surface area (Å²) in [5, 5.41) is 11.3. The van der Waals surface area contributed by atoms with Gasteiger partial charge in [0.05, 0.1) is 13.5 Å². The van der Waals surface area contributed by atoms with Crippen LogP contribution in [0.3, 0.4) is 0 Å². The van der Waals surface area contributed by atoms with E-state index in [-0.39, 0.29) is 24.7 Å². The number of aliphatic hydroxyl groups is 1. The number of rotatable bonds is 7. The Bertz CT molecular complexity index is 396. The average molecular weight is 255 g/mol. The van der Waals surface area contributed by atoms with Crippen molar-refractivity contribution >= 4 is 5.91 Å². The Kier molecular flexibility index (Phi) is 6.14. The molecule has 1 amide bonds. The highest BCUT2D eigenvalue weighted by Crippen LogP contribution is 2.17. The molecule has 0 saturated carbocycles. The van der Waals surface area contributed by atoms with Crippen LogP contribution in [0.4, 0.5) is 4.39 Å². The second kappa shape index (κ2) is 7.66. The summed E-state index contributed by atoms with van der Waals surface area (Å²) < 4.78 is 18.2. The molecule has 0 aliphatic rings. The fourth-order valence-electron chi connectivity index (χ4n) is 1.53. The summed E-state index contributed by atoms with van der Waals surface area (Å²) in [6.45, 7) is 0.650. The molecule has 0 unspecified atom stereocenters. The van der Waals surface area contributed by atoms with Crippen LogP contribution in [0, 0.1) is 5.82 Å². The summed E-state index contributed by atoms with van der Waals surface area (Å²) >= 11 is 0. The molecule has 4 nitrogen and oxygen atoms in total. The Balaban J connectivity index is 2.42. The largest absolute Gasteiger partial charge is 0.494 e. The van der Waals surface area contributed by atoms with E-state index in [1.807, 2.05) is 0 Å². The molecule has 0 heterocycles. The maximum atomic E-state index is 13.4. The summed E-state index contributed by atoms with van der Waals surface area (Å²) in [4.78, 5) is 11.5. The van der Waals surface area contributed by atoms with Gasteiger partial charge in [0.15, 0.2) is 11.6 Å². The van der Waals surface area contributed by atoms with Gasteiger partial charge in [-0.15, -0.1) is 0 Å². The van der Waals surface area contributed by atoms with Crippen LogP contribution in [0.5, 0.6) is 5.75 Å². The zero-order valence-electron chi connectivity index (χ0n) is 10.4. The molecule has 0 saturated heterocycles. The minimum absolute atomic E-state index is 0.125. The number of aliphatic hydroxyl groups excluding tert-OH is 1. The normalized spacial score (nSPS) is 10.2. The number of nitrogens with one attached hydrogen (secondary N) is 1. The number of hydrogen-bond acceptors (Lipinski definition) is 3. The summed E-state index contributed by atoms with van der Waals surface area (Å²) in [7, 11) is 1.39. The number of methoxy groups -OCH3 is 1. The van der Waals surface area contributed by atoms with Gasteiger partial charge in [-0.1, -0.05) is 6.07 Å². The highest BCUT2D eigenvalue weighted by atomic mass is 19.1. The topological polar surface area (TPSA) is 58.6 Å². The van der Waals surface area contributed by atoms with Crippen molar-refractivity contribution in [2.75, 3.05) is 20.3 Å². The van der Waals surface area contributed by atoms with Gasteiger partial charge in [-0.3, -0.25) is 4.79 Å². The second-order valence-corrected chi connectivity index (χ2v) is 3.93. The molecule has 18 heavy (non-hydrogen) atoms. The molecule has 0 aromatic heterocycles. The smallest absolute Gasteiger partial charge is 0.224 e. The quantitative estimate of drug-likeness (QED) is 0.721. The van der Waals surface area contributed by atoms with E-state index in [0.717, 1.165) is 6.42 Å². The van der Waals surface area contributed by atoms with E-state index in [0.29, 0.717) is 18.5 Å². The van der Waals surface area contributed by atoms with Crippen LogP contribution >= 0.6 is 0 Å². The molecule has 0 fully saturated rings. The van der Waals surface area contributed by atoms with Crippen LogP contribution in [-0.4, -0.2) is 31.3 Å². The van der Waals surface area contributed by atoms with E-state index in [1.165, 1.54) is 19.2 Å². The highest BCUT2D eigenvalue weighted by molar-refractivity contribution is 5.78. The van der Waals surface area contributed by atoms with Crippen molar-refractivity contribution in [1.82, 2.24) is 5.32 Å². The van der Waals surface area contributed by atoms with E-state index in [1.54, 1.807) is 6.07 Å². The molecule has 5 heteroatoms. The molecule has 0 aliphatic carbocycles. The zero-order chi connectivity index (χ0) is 13.4. The molecule has 1 aromatic carbocycles. The first-order valence-electron chi connectivity index (χ1n) is 5.87. The van der Waals surface area contributed by atoms with Crippen molar-refractivity contribution in [3.63, 3.8) is 0 Å². The van der Waals surface area contributed by atoms with E-state index < -0.39 is 5.82 Å². The van der Waals surface area contributed by atoms with Gasteiger partial charge in [-0.2, -0.15) is 0 Å². The Morgan fingerprint density at radius 1 is 1.44 bits per heavy atom. The zero-order valence-corrected chi connectivity index (χ0v) is 10.4. The third-order valence-electron chi connectivity index (χ3n) is 2.49. The van der Waals surface area contributed by atoms with Crippen LogP contribution in [0.2, 0.25) is 0 Å². The summed E-state index contributed by atoms with van der Waals surface area (Å²) in [6.07, 6.45) is 1.54. The molecule has 0 radical (unpaired) electrons. The minimum atomic E-state index is -0.469. The first-order valence-corrected chi connectivity index (χ1v) is 5.87. The molecule has 1 aromatic rings. The lowest BCUT2D eigenvalue weighted by molar-refractivity contribution is -0.120. The highest BCUT2D eigenvalue weighted by Gasteiger charge is 2.07. The van der Waals surface area contributed by atoms with Gasteiger partial charge < -0.3 is 15.2 Å². The fourth-order valence-corrected chi connectivity index (χ4v) is 1.53. The third-order valence-corrected chi connectivity index (χ3v) is 2.49. The lowest BCUT2D eigenvalue weighted by atomic mass is 10.1. The maximum Gasteiger partial charge on any atom is 0.224 e. The monoisotopic (exact) mass is 255 g/mol. The molecular weight excluding hydrogens is 237 g/mol. The number of carbonyl (C=O) groups excluding carboxylic acids is 1. The van der Waals surface area contributed by atoms with E-state index in [2.05, 4.69) is 5.32 Å². The molecule has 1 rings (SSSR count).